The Labute approximate surface area is 247 Å². The van der Waals surface area contributed by atoms with E-state index in [2.05, 4.69) is 28.0 Å². The summed E-state index contributed by atoms with van der Waals surface area (Å²) in [6.45, 7) is 2.52. The summed E-state index contributed by atoms with van der Waals surface area (Å²) in [5, 5.41) is 2.15. The van der Waals surface area contributed by atoms with Gasteiger partial charge in [0.1, 0.15) is 6.61 Å². The van der Waals surface area contributed by atoms with Crippen LogP contribution in [-0.2, 0) is 11.4 Å². The van der Waals surface area contributed by atoms with Crippen molar-refractivity contribution in [2.24, 2.45) is 0 Å². The van der Waals surface area contributed by atoms with E-state index in [1.807, 2.05) is 19.1 Å². The highest BCUT2D eigenvalue weighted by Gasteiger charge is 2.34. The Bertz CT molecular complexity index is 1400. The fraction of sp³-hybridized carbons (Fsp3) is 0.115. The summed E-state index contributed by atoms with van der Waals surface area (Å²) in [6.07, 6.45) is 1.71. The minimum absolute atomic E-state index is 0.227. The van der Waals surface area contributed by atoms with Gasteiger partial charge in [0.2, 0.25) is 0 Å². The number of ether oxygens (including phenoxy) is 2. The number of hydrogen-bond acceptors (Lipinski definition) is 6. The number of amides is 2. The number of rotatable bonds is 8. The van der Waals surface area contributed by atoms with Crippen LogP contribution in [0.5, 0.6) is 11.5 Å². The second-order valence-corrected chi connectivity index (χ2v) is 11.3. The fourth-order valence-electron chi connectivity index (χ4n) is 3.33. The summed E-state index contributed by atoms with van der Waals surface area (Å²) in [4.78, 5) is 25.9. The van der Waals surface area contributed by atoms with Gasteiger partial charge < -0.3 is 9.47 Å². The first-order chi connectivity index (χ1) is 17.8. The van der Waals surface area contributed by atoms with Crippen molar-refractivity contribution in [2.75, 3.05) is 6.61 Å². The number of nitrogens with one attached hydrogen (secondary N) is 1. The molecule has 1 saturated heterocycles. The van der Waals surface area contributed by atoms with E-state index < -0.39 is 11.8 Å². The number of carbonyl (C=O) groups is 2. The zero-order chi connectivity index (χ0) is 26.5. The van der Waals surface area contributed by atoms with Gasteiger partial charge in [0.15, 0.2) is 15.8 Å². The molecule has 0 radical (unpaired) electrons. The van der Waals surface area contributed by atoms with E-state index in [4.69, 9.17) is 44.9 Å². The van der Waals surface area contributed by atoms with E-state index in [1.165, 1.54) is 0 Å². The molecule has 3 aromatic carbocycles. The predicted octanol–water partition coefficient (Wildman–Crippen LogP) is 7.12. The Morgan fingerprint density at radius 3 is 2.59 bits per heavy atom. The van der Waals surface area contributed by atoms with Crippen molar-refractivity contribution in [1.29, 1.82) is 0 Å². The lowest BCUT2D eigenvalue weighted by atomic mass is 10.1. The van der Waals surface area contributed by atoms with Gasteiger partial charge in [-0.1, -0.05) is 59.2 Å². The van der Waals surface area contributed by atoms with Crippen LogP contribution in [0, 0.1) is 3.57 Å². The first kappa shape index (κ1) is 27.7. The molecule has 0 aromatic heterocycles. The van der Waals surface area contributed by atoms with Gasteiger partial charge in [0.05, 0.1) is 15.1 Å². The molecule has 4 rings (SSSR count). The Kier molecular flexibility index (Phi) is 9.36. The molecule has 1 aliphatic heterocycles. The summed E-state index contributed by atoms with van der Waals surface area (Å²) in [5.41, 5.74) is 4.51. The first-order valence-corrected chi connectivity index (χ1v) is 14.0. The molecule has 0 aliphatic carbocycles. The lowest BCUT2D eigenvalue weighted by Crippen LogP contribution is -2.44. The van der Waals surface area contributed by atoms with Gasteiger partial charge in [-0.3, -0.25) is 15.0 Å². The first-order valence-electron chi connectivity index (χ1n) is 10.9. The van der Waals surface area contributed by atoms with Crippen LogP contribution in [0.25, 0.3) is 6.08 Å². The average Bonchev–Trinajstić information content (AvgIpc) is 3.12. The van der Waals surface area contributed by atoms with Crippen molar-refractivity contribution in [3.63, 3.8) is 0 Å². The van der Waals surface area contributed by atoms with E-state index in [1.54, 1.807) is 54.6 Å². The van der Waals surface area contributed by atoms with E-state index in [0.717, 1.165) is 31.5 Å². The third-order valence-corrected chi connectivity index (χ3v) is 7.75. The molecule has 37 heavy (non-hydrogen) atoms. The highest BCUT2D eigenvalue weighted by Crippen LogP contribution is 2.38. The van der Waals surface area contributed by atoms with Gasteiger partial charge in [-0.15, -0.1) is 0 Å². The maximum atomic E-state index is 13.0. The molecule has 0 atom stereocenters. The van der Waals surface area contributed by atoms with Crippen LogP contribution >= 0.6 is 69.8 Å². The number of thioether (sulfide) groups is 1. The number of nitrogens with zero attached hydrogens (tertiary/aromatic N) is 1. The fourth-order valence-corrected chi connectivity index (χ4v) is 5.76. The number of thiocarbonyl (C=S) groups is 1. The Balaban J connectivity index is 1.54. The van der Waals surface area contributed by atoms with Crippen molar-refractivity contribution in [1.82, 2.24) is 10.4 Å². The smallest absolute Gasteiger partial charge is 0.285 e. The topological polar surface area (TPSA) is 67.9 Å². The molecular formula is C26H19Cl2IN2O4S2. The standard InChI is InChI=1S/C26H19Cl2IN2O4S2/c1-2-34-21-11-15(10-20(29)23(21)35-14-17-8-9-18(27)13-19(17)28)12-22-25(33)31(26(36)37-22)30-24(32)16-6-4-3-5-7-16/h3-13H,2,14H2,1H3,(H,30,32). The highest BCUT2D eigenvalue weighted by atomic mass is 127. The van der Waals surface area contributed by atoms with E-state index in [-0.39, 0.29) is 10.9 Å². The van der Waals surface area contributed by atoms with Crippen molar-refractivity contribution < 1.29 is 19.1 Å². The zero-order valence-corrected chi connectivity index (χ0v) is 24.6. The third-order valence-electron chi connectivity index (χ3n) is 5.06. The van der Waals surface area contributed by atoms with Crippen LogP contribution in [0.4, 0.5) is 0 Å². The molecule has 2 amide bonds. The minimum Gasteiger partial charge on any atom is -0.490 e. The van der Waals surface area contributed by atoms with Crippen LogP contribution in [0.1, 0.15) is 28.4 Å². The van der Waals surface area contributed by atoms with Crippen LogP contribution in [0.3, 0.4) is 0 Å². The molecule has 11 heteroatoms. The lowest BCUT2D eigenvalue weighted by molar-refractivity contribution is -0.123. The number of carbonyl (C=O) groups excluding carboxylic acids is 2. The molecule has 0 unspecified atom stereocenters. The van der Waals surface area contributed by atoms with Crippen LogP contribution in [0.2, 0.25) is 10.0 Å². The Morgan fingerprint density at radius 1 is 1.14 bits per heavy atom. The van der Waals surface area contributed by atoms with E-state index >= 15 is 0 Å². The molecule has 1 heterocycles. The minimum atomic E-state index is -0.423. The number of hydrazine groups is 1. The SMILES string of the molecule is CCOc1cc(C=C2SC(=S)N(NC(=O)c3ccccc3)C2=O)cc(I)c1OCc1ccc(Cl)cc1Cl. The highest BCUT2D eigenvalue weighted by molar-refractivity contribution is 14.1. The molecule has 0 spiro atoms. The van der Waals surface area contributed by atoms with Gasteiger partial charge >= 0.3 is 0 Å². The lowest BCUT2D eigenvalue weighted by Gasteiger charge is -2.16. The summed E-state index contributed by atoms with van der Waals surface area (Å²) < 4.78 is 12.9. The maximum absolute atomic E-state index is 13.0. The Hall–Kier alpha value is -2.31. The van der Waals surface area contributed by atoms with Gasteiger partial charge in [-0.2, -0.15) is 5.01 Å². The van der Waals surface area contributed by atoms with Crippen molar-refractivity contribution >= 4 is 92.0 Å². The number of halogens is 3. The van der Waals surface area contributed by atoms with Gasteiger partial charge in [-0.05, 0) is 89.8 Å². The van der Waals surface area contributed by atoms with Gasteiger partial charge in [-0.25, -0.2) is 0 Å². The molecule has 0 bridgehead atoms. The third kappa shape index (κ3) is 6.77. The summed E-state index contributed by atoms with van der Waals surface area (Å²) >= 11 is 20.9. The van der Waals surface area contributed by atoms with Crippen LogP contribution in [0.15, 0.2) is 65.6 Å². The molecule has 1 fully saturated rings. The van der Waals surface area contributed by atoms with Crippen molar-refractivity contribution in [2.45, 2.75) is 13.5 Å². The molecule has 6 nitrogen and oxygen atoms in total. The quantitative estimate of drug-likeness (QED) is 0.155. The zero-order valence-electron chi connectivity index (χ0n) is 19.3. The Morgan fingerprint density at radius 2 is 1.89 bits per heavy atom. The predicted molar refractivity (Wildman–Crippen MR) is 160 cm³/mol. The van der Waals surface area contributed by atoms with Crippen molar-refractivity contribution in [3.05, 3.63) is 95.9 Å². The maximum Gasteiger partial charge on any atom is 0.285 e. The normalized spacial score (nSPS) is 14.3. The molecule has 0 saturated carbocycles. The average molecular weight is 685 g/mol. The van der Waals surface area contributed by atoms with Crippen LogP contribution < -0.4 is 14.9 Å². The number of hydrogen-bond donors (Lipinski definition) is 1. The van der Waals surface area contributed by atoms with Gasteiger partial charge in [0, 0.05) is 21.2 Å². The molecule has 190 valence electrons. The summed E-state index contributed by atoms with van der Waals surface area (Å²) in [7, 11) is 0. The molecule has 1 aliphatic rings. The van der Waals surface area contributed by atoms with Crippen molar-refractivity contribution in [3.8, 4) is 11.5 Å². The van der Waals surface area contributed by atoms with E-state index in [9.17, 15) is 9.59 Å². The van der Waals surface area contributed by atoms with Gasteiger partial charge in [0.25, 0.3) is 11.8 Å². The molecular weight excluding hydrogens is 666 g/mol. The second kappa shape index (κ2) is 12.5. The van der Waals surface area contributed by atoms with E-state index in [0.29, 0.717) is 38.6 Å². The monoisotopic (exact) mass is 684 g/mol. The molecule has 3 aromatic rings. The second-order valence-electron chi connectivity index (χ2n) is 7.61. The largest absolute Gasteiger partial charge is 0.490 e. The summed E-state index contributed by atoms with van der Waals surface area (Å²) in [5.74, 6) is 0.255. The van der Waals surface area contributed by atoms with Crippen LogP contribution in [-0.4, -0.2) is 27.8 Å². The summed E-state index contributed by atoms with van der Waals surface area (Å²) in [6, 6.07) is 17.5. The number of benzene rings is 3. The molecule has 1 N–H and O–H groups in total.